The average molecular weight is 455 g/mol. The highest BCUT2D eigenvalue weighted by atomic mass is 16.7. The Labute approximate surface area is 181 Å². The molecule has 11 nitrogen and oxygen atoms in total. The third-order valence-electron chi connectivity index (χ3n) is 7.02. The molecule has 2 fully saturated rings. The topological polar surface area (TPSA) is 190 Å². The Morgan fingerprint density at radius 1 is 0.742 bits per heavy atom. The Bertz CT molecular complexity index is 571. The maximum atomic E-state index is 10.7. The van der Waals surface area contributed by atoms with Crippen LogP contribution in [0.2, 0.25) is 0 Å². The molecule has 0 aromatic heterocycles. The summed E-state index contributed by atoms with van der Waals surface area (Å²) in [5.74, 6) is -2.02. The van der Waals surface area contributed by atoms with Gasteiger partial charge in [0.1, 0.15) is 12.2 Å². The minimum Gasteiger partial charge on any atom is -0.394 e. The van der Waals surface area contributed by atoms with Crippen LogP contribution in [-0.2, 0) is 14.2 Å². The van der Waals surface area contributed by atoms with Crippen LogP contribution in [0.25, 0.3) is 0 Å². The molecule has 0 bridgehead atoms. The maximum Gasteiger partial charge on any atom is 0.187 e. The van der Waals surface area contributed by atoms with Gasteiger partial charge in [-0.1, -0.05) is 13.8 Å². The highest BCUT2D eigenvalue weighted by Crippen LogP contribution is 2.42. The molecule has 31 heavy (non-hydrogen) atoms. The molecule has 0 amide bonds. The van der Waals surface area contributed by atoms with Crippen LogP contribution in [0, 0.1) is 11.8 Å². The molecule has 2 heterocycles. The number of hydrogen-bond acceptors (Lipinski definition) is 11. The molecule has 11 heteroatoms. The van der Waals surface area contributed by atoms with E-state index in [4.69, 9.17) is 14.2 Å². The molecule has 0 aromatic rings. The lowest BCUT2D eigenvalue weighted by Gasteiger charge is -2.52. The Morgan fingerprint density at radius 2 is 1.26 bits per heavy atom. The zero-order chi connectivity index (χ0) is 23.7. The van der Waals surface area contributed by atoms with Crippen LogP contribution < -0.4 is 0 Å². The van der Waals surface area contributed by atoms with Gasteiger partial charge >= 0.3 is 0 Å². The Hall–Kier alpha value is -0.440. The van der Waals surface area contributed by atoms with Crippen LogP contribution in [0.3, 0.4) is 0 Å². The van der Waals surface area contributed by atoms with Crippen LogP contribution >= 0.6 is 0 Å². The zero-order valence-corrected chi connectivity index (χ0v) is 18.4. The summed E-state index contributed by atoms with van der Waals surface area (Å²) in [6.45, 7) is 5.31. The van der Waals surface area contributed by atoms with E-state index in [1.54, 1.807) is 20.8 Å². The molecule has 2 aliphatic rings. The van der Waals surface area contributed by atoms with Gasteiger partial charge in [-0.05, 0) is 26.7 Å². The fourth-order valence-corrected chi connectivity index (χ4v) is 4.71. The summed E-state index contributed by atoms with van der Waals surface area (Å²) in [5.41, 5.74) is -2.78. The van der Waals surface area contributed by atoms with E-state index in [-0.39, 0.29) is 12.8 Å². The Morgan fingerprint density at radius 3 is 1.74 bits per heavy atom. The average Bonchev–Trinajstić information content (AvgIpc) is 2.74. The monoisotopic (exact) mass is 454 g/mol. The standard InChI is InChI=1S/C20H38O11/c1-5-19(3,28)11-9(7-21)30-18(16(26)13(11)23)31-20(4,6-2)12-10(8-22)29-17(27)15(25)14(12)24/h9-18,21-28H,5-8H2,1-4H3/t9?,10?,11-,12-,13?,14?,15+,16+,17?,18-,19?,20?/m1/s1. The fourth-order valence-electron chi connectivity index (χ4n) is 4.71. The van der Waals surface area contributed by atoms with Crippen molar-refractivity contribution in [1.29, 1.82) is 0 Å². The van der Waals surface area contributed by atoms with Gasteiger partial charge in [-0.2, -0.15) is 0 Å². The number of rotatable bonds is 8. The van der Waals surface area contributed by atoms with Crippen molar-refractivity contribution in [3.8, 4) is 0 Å². The second kappa shape index (κ2) is 10.2. The van der Waals surface area contributed by atoms with Crippen molar-refractivity contribution >= 4 is 0 Å². The van der Waals surface area contributed by atoms with Gasteiger partial charge in [-0.3, -0.25) is 0 Å². The SMILES string of the molecule is CCC(C)(O)[C@@H]1C(CO)O[C@H](OC(C)(CC)[C@@H]2C(CO)OC(O)[C@@H](O)C2O)[C@@H](O)C1O. The summed E-state index contributed by atoms with van der Waals surface area (Å²) in [7, 11) is 0. The van der Waals surface area contributed by atoms with Gasteiger partial charge in [0.2, 0.25) is 0 Å². The second-order valence-electron chi connectivity index (χ2n) is 8.98. The van der Waals surface area contributed by atoms with E-state index in [0.717, 1.165) is 0 Å². The van der Waals surface area contributed by atoms with Gasteiger partial charge < -0.3 is 55.1 Å². The summed E-state index contributed by atoms with van der Waals surface area (Å²) in [5, 5.41) is 82.0. The summed E-state index contributed by atoms with van der Waals surface area (Å²) in [6.07, 6.45) is -11.1. The van der Waals surface area contributed by atoms with Crippen molar-refractivity contribution in [2.45, 2.75) is 101 Å². The highest BCUT2D eigenvalue weighted by Gasteiger charge is 2.56. The molecule has 12 atom stereocenters. The number of aliphatic hydroxyl groups is 8. The summed E-state index contributed by atoms with van der Waals surface area (Å²) < 4.78 is 16.9. The lowest BCUT2D eigenvalue weighted by molar-refractivity contribution is -0.358. The van der Waals surface area contributed by atoms with Gasteiger partial charge in [0, 0.05) is 11.8 Å². The molecule has 7 unspecified atom stereocenters. The third kappa shape index (κ3) is 5.07. The van der Waals surface area contributed by atoms with E-state index >= 15 is 0 Å². The molecule has 0 radical (unpaired) electrons. The van der Waals surface area contributed by atoms with Crippen LogP contribution in [0.4, 0.5) is 0 Å². The molecule has 8 N–H and O–H groups in total. The largest absolute Gasteiger partial charge is 0.394 e. The van der Waals surface area contributed by atoms with Crippen molar-refractivity contribution in [3.05, 3.63) is 0 Å². The molecular weight excluding hydrogens is 416 g/mol. The van der Waals surface area contributed by atoms with Gasteiger partial charge in [-0.25, -0.2) is 0 Å². The van der Waals surface area contributed by atoms with E-state index in [1.165, 1.54) is 6.92 Å². The second-order valence-corrected chi connectivity index (χ2v) is 8.98. The van der Waals surface area contributed by atoms with Crippen LogP contribution in [0.15, 0.2) is 0 Å². The van der Waals surface area contributed by atoms with E-state index < -0.39 is 85.5 Å². The fraction of sp³-hybridized carbons (Fsp3) is 1.00. The summed E-state index contributed by atoms with van der Waals surface area (Å²) in [6, 6.07) is 0. The van der Waals surface area contributed by atoms with E-state index in [2.05, 4.69) is 0 Å². The van der Waals surface area contributed by atoms with Crippen molar-refractivity contribution in [1.82, 2.24) is 0 Å². The first kappa shape index (κ1) is 26.8. The van der Waals surface area contributed by atoms with Gasteiger partial charge in [0.05, 0.1) is 48.8 Å². The normalized spacial score (nSPS) is 45.7. The van der Waals surface area contributed by atoms with Gasteiger partial charge in [-0.15, -0.1) is 0 Å². The third-order valence-corrected chi connectivity index (χ3v) is 7.02. The van der Waals surface area contributed by atoms with Gasteiger partial charge in [0.25, 0.3) is 0 Å². The molecule has 184 valence electrons. The predicted molar refractivity (Wildman–Crippen MR) is 105 cm³/mol. The molecule has 2 saturated heterocycles. The molecule has 0 aliphatic carbocycles. The Balaban J connectivity index is 2.31. The lowest BCUT2D eigenvalue weighted by Crippen LogP contribution is -2.66. The smallest absolute Gasteiger partial charge is 0.187 e. The first-order chi connectivity index (χ1) is 14.4. The van der Waals surface area contributed by atoms with Crippen LogP contribution in [0.1, 0.15) is 40.5 Å². The quantitative estimate of drug-likeness (QED) is 0.192. The first-order valence-electron chi connectivity index (χ1n) is 10.7. The van der Waals surface area contributed by atoms with E-state index in [9.17, 15) is 40.9 Å². The minimum atomic E-state index is -1.70. The number of ether oxygens (including phenoxy) is 3. The van der Waals surface area contributed by atoms with Crippen molar-refractivity contribution in [2.75, 3.05) is 13.2 Å². The zero-order valence-electron chi connectivity index (χ0n) is 18.4. The highest BCUT2D eigenvalue weighted by molar-refractivity contribution is 5.02. The Kier molecular flexibility index (Phi) is 8.84. The molecule has 0 spiro atoms. The molecule has 2 rings (SSSR count). The molecule has 2 aliphatic heterocycles. The predicted octanol–water partition coefficient (Wildman–Crippen LogP) is -2.56. The molecular formula is C20H38O11. The molecule has 0 aromatic carbocycles. The number of hydrogen-bond donors (Lipinski definition) is 8. The van der Waals surface area contributed by atoms with Crippen molar-refractivity contribution < 1.29 is 55.1 Å². The van der Waals surface area contributed by atoms with E-state index in [1.807, 2.05) is 0 Å². The lowest BCUT2D eigenvalue weighted by atomic mass is 9.74. The first-order valence-corrected chi connectivity index (χ1v) is 10.7. The van der Waals surface area contributed by atoms with Gasteiger partial charge in [0.15, 0.2) is 12.6 Å². The van der Waals surface area contributed by atoms with Crippen molar-refractivity contribution in [2.24, 2.45) is 11.8 Å². The summed E-state index contributed by atoms with van der Waals surface area (Å²) >= 11 is 0. The van der Waals surface area contributed by atoms with Crippen LogP contribution in [0.5, 0.6) is 0 Å². The maximum absolute atomic E-state index is 10.7. The van der Waals surface area contributed by atoms with E-state index in [0.29, 0.717) is 0 Å². The minimum absolute atomic E-state index is 0.208. The molecule has 0 saturated carbocycles. The summed E-state index contributed by atoms with van der Waals surface area (Å²) in [4.78, 5) is 0. The van der Waals surface area contributed by atoms with Crippen LogP contribution in [-0.4, -0.2) is 114 Å². The van der Waals surface area contributed by atoms with Crippen molar-refractivity contribution in [3.63, 3.8) is 0 Å². The number of aliphatic hydroxyl groups excluding tert-OH is 7.